The third kappa shape index (κ3) is 3.88. The molecule has 4 aromatic heterocycles. The Morgan fingerprint density at radius 3 is 2.89 bits per heavy atom. The molecule has 0 spiro atoms. The highest BCUT2D eigenvalue weighted by Crippen LogP contribution is 2.36. The number of nitrogens with one attached hydrogen (secondary N) is 2. The number of hydrogen-bond acceptors (Lipinski definition) is 6. The maximum absolute atomic E-state index is 13.8. The summed E-state index contributed by atoms with van der Waals surface area (Å²) in [7, 11) is 1.86. The number of benzene rings is 1. The van der Waals surface area contributed by atoms with E-state index in [1.54, 1.807) is 46.1 Å². The fourth-order valence-electron chi connectivity index (χ4n) is 4.47. The third-order valence-electron chi connectivity index (χ3n) is 6.45. The van der Waals surface area contributed by atoms with Gasteiger partial charge in [0.25, 0.3) is 11.5 Å². The Kier molecular flexibility index (Phi) is 5.22. The largest absolute Gasteiger partial charge is 0.382 e. The molecule has 1 aliphatic carbocycles. The maximum atomic E-state index is 13.8. The van der Waals surface area contributed by atoms with Crippen molar-refractivity contribution >= 4 is 28.3 Å². The lowest BCUT2D eigenvalue weighted by Crippen LogP contribution is -2.34. The number of nitrogens with zero attached hydrogens (tertiary/aromatic N) is 6. The summed E-state index contributed by atoms with van der Waals surface area (Å²) in [6.07, 6.45) is 8.42. The molecule has 6 rings (SSSR count). The predicted octanol–water partition coefficient (Wildman–Crippen LogP) is 1.40. The Bertz CT molecular complexity index is 1810. The van der Waals surface area contributed by atoms with E-state index in [4.69, 9.17) is 10.7 Å². The zero-order valence-electron chi connectivity index (χ0n) is 20.3. The van der Waals surface area contributed by atoms with Gasteiger partial charge in [-0.2, -0.15) is 0 Å². The first-order valence-corrected chi connectivity index (χ1v) is 11.9. The molecule has 11 nitrogen and oxygen atoms in total. The van der Waals surface area contributed by atoms with Gasteiger partial charge in [0.15, 0.2) is 11.4 Å². The summed E-state index contributed by atoms with van der Waals surface area (Å²) in [5.74, 6) is 6.49. The average molecular weight is 495 g/mol. The number of nitrogens with two attached hydrogens (primary N) is 1. The lowest BCUT2D eigenvalue weighted by Gasteiger charge is -2.19. The molecule has 1 fully saturated rings. The highest BCUT2D eigenvalue weighted by molar-refractivity contribution is 6.03. The lowest BCUT2D eigenvalue weighted by atomic mass is 10.1. The van der Waals surface area contributed by atoms with Gasteiger partial charge in [-0.3, -0.25) is 14.2 Å². The van der Waals surface area contributed by atoms with E-state index in [1.165, 1.54) is 0 Å². The monoisotopic (exact) mass is 494 g/mol. The highest BCUT2D eigenvalue weighted by Gasteiger charge is 2.32. The van der Waals surface area contributed by atoms with Gasteiger partial charge in [0, 0.05) is 24.7 Å². The first-order valence-electron chi connectivity index (χ1n) is 11.9. The van der Waals surface area contributed by atoms with Gasteiger partial charge in [-0.1, -0.05) is 12.0 Å². The van der Waals surface area contributed by atoms with Crippen LogP contribution in [0.2, 0.25) is 0 Å². The topological polar surface area (TPSA) is 141 Å². The number of anilines is 1. The van der Waals surface area contributed by atoms with Gasteiger partial charge in [-0.05, 0) is 42.8 Å². The normalized spacial score (nSPS) is 13.9. The summed E-state index contributed by atoms with van der Waals surface area (Å²) in [6, 6.07) is 6.64. The van der Waals surface area contributed by atoms with Gasteiger partial charge in [-0.15, -0.1) is 4.52 Å². The number of aromatic amines is 1. The van der Waals surface area contributed by atoms with Crippen LogP contribution in [0.1, 0.15) is 59.3 Å². The van der Waals surface area contributed by atoms with Crippen molar-refractivity contribution in [3.8, 4) is 11.8 Å². The van der Waals surface area contributed by atoms with Crippen LogP contribution in [0, 0.1) is 11.8 Å². The van der Waals surface area contributed by atoms with E-state index in [0.717, 1.165) is 18.5 Å². The minimum atomic E-state index is -0.563. The Morgan fingerprint density at radius 2 is 2.14 bits per heavy atom. The molecule has 0 radical (unpaired) electrons. The molecule has 1 saturated carbocycles. The number of imidazole rings is 1. The van der Waals surface area contributed by atoms with E-state index in [0.29, 0.717) is 27.9 Å². The zero-order valence-corrected chi connectivity index (χ0v) is 20.3. The standard InChI is InChI=1S/C26H23N9O2/c1-15(30-25(36)21-22(27)32-34-12-4-11-29-24(21)34)23-31-19-6-3-5-16(7-8-18-13-28-14-33(18)2)20(19)26(37)35(23)17-9-10-17/h3-6,11-15,17H,9-10H2,1-2H3,(H3,27,30,32,36)/p+1. The molecule has 0 aliphatic heterocycles. The molecule has 37 heavy (non-hydrogen) atoms. The molecular formula is C26H24N9O2+. The number of carbonyl (C=O) groups excluding carboxylic acids is 1. The molecule has 0 bridgehead atoms. The molecule has 5 aromatic rings. The Balaban J connectivity index is 1.41. The molecule has 1 unspecified atom stereocenters. The number of H-pyrrole nitrogens is 1. The molecule has 1 atom stereocenters. The summed E-state index contributed by atoms with van der Waals surface area (Å²) >= 11 is 0. The van der Waals surface area contributed by atoms with Crippen LogP contribution in [0.15, 0.2) is 54.0 Å². The van der Waals surface area contributed by atoms with Gasteiger partial charge < -0.3 is 15.6 Å². The minimum absolute atomic E-state index is 0.0345. The van der Waals surface area contributed by atoms with Crippen LogP contribution in [0.4, 0.5) is 5.82 Å². The fourth-order valence-corrected chi connectivity index (χ4v) is 4.47. The van der Waals surface area contributed by atoms with Gasteiger partial charge in [-0.25, -0.2) is 15.1 Å². The van der Waals surface area contributed by atoms with E-state index in [9.17, 15) is 9.59 Å². The van der Waals surface area contributed by atoms with E-state index >= 15 is 0 Å². The molecule has 184 valence electrons. The second-order valence-electron chi connectivity index (χ2n) is 9.12. The van der Waals surface area contributed by atoms with Gasteiger partial charge in [0.1, 0.15) is 23.9 Å². The molecule has 1 amide bonds. The summed E-state index contributed by atoms with van der Waals surface area (Å²) in [5.41, 5.74) is 8.43. The zero-order chi connectivity index (χ0) is 25.7. The summed E-state index contributed by atoms with van der Waals surface area (Å²) in [5, 5.41) is 6.33. The number of rotatable bonds is 4. The first kappa shape index (κ1) is 22.5. The Labute approximate surface area is 211 Å². The number of nitrogen functional groups attached to an aromatic ring is 1. The van der Waals surface area contributed by atoms with E-state index in [-0.39, 0.29) is 23.0 Å². The summed E-state index contributed by atoms with van der Waals surface area (Å²) in [4.78, 5) is 40.3. The second kappa shape index (κ2) is 8.60. The average Bonchev–Trinajstić information content (AvgIpc) is 3.54. The van der Waals surface area contributed by atoms with E-state index < -0.39 is 11.9 Å². The Hall–Kier alpha value is -4.98. The molecule has 1 aromatic carbocycles. The molecule has 11 heteroatoms. The predicted molar refractivity (Wildman–Crippen MR) is 136 cm³/mol. The van der Waals surface area contributed by atoms with Crippen molar-refractivity contribution in [3.63, 3.8) is 0 Å². The second-order valence-corrected chi connectivity index (χ2v) is 9.12. The smallest absolute Gasteiger partial charge is 0.362 e. The summed E-state index contributed by atoms with van der Waals surface area (Å²) in [6.45, 7) is 1.81. The van der Waals surface area contributed by atoms with Crippen molar-refractivity contribution in [3.05, 3.63) is 82.2 Å². The van der Waals surface area contributed by atoms with E-state index in [2.05, 4.69) is 32.2 Å². The van der Waals surface area contributed by atoms with Crippen molar-refractivity contribution < 1.29 is 9.31 Å². The van der Waals surface area contributed by atoms with Crippen molar-refractivity contribution in [2.75, 3.05) is 5.73 Å². The van der Waals surface area contributed by atoms with Gasteiger partial charge in [0.05, 0.1) is 29.5 Å². The minimum Gasteiger partial charge on any atom is -0.382 e. The Morgan fingerprint density at radius 1 is 1.30 bits per heavy atom. The number of amides is 1. The highest BCUT2D eigenvalue weighted by atomic mass is 16.2. The lowest BCUT2D eigenvalue weighted by molar-refractivity contribution is -0.577. The quantitative estimate of drug-likeness (QED) is 0.255. The summed E-state index contributed by atoms with van der Waals surface area (Å²) < 4.78 is 5.10. The number of aryl methyl sites for hydroxylation is 1. The SMILES string of the molecule is CC(NC(=O)c1c(N)[nH][n+]2cccnc12)c1nc2cccc(C#Cc3cncn3C)c2c(=O)n1C1CC1. The third-order valence-corrected chi connectivity index (χ3v) is 6.45. The number of hydrogen-bond donors (Lipinski definition) is 3. The van der Waals surface area contributed by atoms with Crippen molar-refractivity contribution in [1.82, 2.24) is 34.5 Å². The number of carbonyl (C=O) groups is 1. The van der Waals surface area contributed by atoms with Crippen molar-refractivity contribution in [2.45, 2.75) is 31.8 Å². The van der Waals surface area contributed by atoms with Crippen LogP contribution >= 0.6 is 0 Å². The van der Waals surface area contributed by atoms with E-state index in [1.807, 2.05) is 30.7 Å². The molecule has 0 saturated heterocycles. The molecular weight excluding hydrogens is 470 g/mol. The van der Waals surface area contributed by atoms with Crippen LogP contribution in [0.3, 0.4) is 0 Å². The fraction of sp³-hybridized carbons (Fsp3) is 0.231. The van der Waals surface area contributed by atoms with Crippen LogP contribution in [-0.4, -0.2) is 35.1 Å². The van der Waals surface area contributed by atoms with Gasteiger partial charge >= 0.3 is 5.65 Å². The maximum Gasteiger partial charge on any atom is 0.362 e. The van der Waals surface area contributed by atoms with Crippen molar-refractivity contribution in [2.24, 2.45) is 7.05 Å². The van der Waals surface area contributed by atoms with Crippen LogP contribution < -0.4 is 21.1 Å². The molecule has 4 N–H and O–H groups in total. The van der Waals surface area contributed by atoms with Crippen LogP contribution in [-0.2, 0) is 7.05 Å². The molecule has 1 aliphatic rings. The van der Waals surface area contributed by atoms with Crippen LogP contribution in [0.25, 0.3) is 16.6 Å². The van der Waals surface area contributed by atoms with Crippen molar-refractivity contribution in [1.29, 1.82) is 0 Å². The number of fused-ring (bicyclic) bond motifs is 2. The van der Waals surface area contributed by atoms with Gasteiger partial charge in [0.2, 0.25) is 0 Å². The van der Waals surface area contributed by atoms with Crippen LogP contribution in [0.5, 0.6) is 0 Å². The molecule has 4 heterocycles. The first-order chi connectivity index (χ1) is 17.9. The number of aromatic nitrogens is 7.